The molecule has 40 heavy (non-hydrogen) atoms. The van der Waals surface area contributed by atoms with Crippen molar-refractivity contribution in [2.24, 2.45) is 0 Å². The van der Waals surface area contributed by atoms with Gasteiger partial charge in [-0.3, -0.25) is 0 Å². The average molecular weight is 512 g/mol. The number of furan rings is 1. The van der Waals surface area contributed by atoms with Gasteiger partial charge < -0.3 is 9.73 Å². The molecule has 8 aromatic rings. The molecule has 0 saturated carbocycles. The molecule has 0 amide bonds. The van der Waals surface area contributed by atoms with Crippen molar-refractivity contribution in [2.75, 3.05) is 5.32 Å². The van der Waals surface area contributed by atoms with Crippen LogP contribution in [0.3, 0.4) is 0 Å². The van der Waals surface area contributed by atoms with E-state index in [9.17, 15) is 0 Å². The lowest BCUT2D eigenvalue weighted by Crippen LogP contribution is -1.91. The number of fused-ring (bicyclic) bond motifs is 5. The van der Waals surface area contributed by atoms with E-state index in [0.29, 0.717) is 0 Å². The Morgan fingerprint density at radius 3 is 2.15 bits per heavy atom. The second-order valence-electron chi connectivity index (χ2n) is 10.3. The average Bonchev–Trinajstić information content (AvgIpc) is 3.40. The highest BCUT2D eigenvalue weighted by atomic mass is 16.3. The quantitative estimate of drug-likeness (QED) is 0.254. The Hall–Kier alpha value is -5.34. The highest BCUT2D eigenvalue weighted by Crippen LogP contribution is 2.39. The van der Waals surface area contributed by atoms with E-state index in [1.165, 1.54) is 43.8 Å². The van der Waals surface area contributed by atoms with Crippen molar-refractivity contribution >= 4 is 54.9 Å². The molecule has 0 bridgehead atoms. The summed E-state index contributed by atoms with van der Waals surface area (Å²) in [5.41, 5.74) is 8.71. The van der Waals surface area contributed by atoms with Gasteiger partial charge in [-0.05, 0) is 86.3 Å². The van der Waals surface area contributed by atoms with Crippen LogP contribution in [0.2, 0.25) is 0 Å². The molecule has 1 heterocycles. The van der Waals surface area contributed by atoms with Crippen LogP contribution in [0.1, 0.15) is 0 Å². The molecule has 0 aliphatic heterocycles. The van der Waals surface area contributed by atoms with Crippen molar-refractivity contribution in [3.63, 3.8) is 0 Å². The Labute approximate surface area is 232 Å². The SMILES string of the molecule is c1ccc(-c2ccc3cc(Nc4cccc5oc6ccc(-c7cccc8ccccc78)cc6c45)ccc3c2)cc1. The van der Waals surface area contributed by atoms with Crippen LogP contribution < -0.4 is 5.32 Å². The second kappa shape index (κ2) is 9.14. The van der Waals surface area contributed by atoms with Gasteiger partial charge in [0, 0.05) is 11.1 Å². The van der Waals surface area contributed by atoms with Crippen molar-refractivity contribution in [1.29, 1.82) is 0 Å². The van der Waals surface area contributed by atoms with Crippen LogP contribution in [0.5, 0.6) is 0 Å². The number of hydrogen-bond donors (Lipinski definition) is 1. The summed E-state index contributed by atoms with van der Waals surface area (Å²) in [5.74, 6) is 0. The first-order valence-electron chi connectivity index (χ1n) is 13.6. The van der Waals surface area contributed by atoms with Crippen LogP contribution >= 0.6 is 0 Å². The minimum absolute atomic E-state index is 0.878. The third-order valence-corrected chi connectivity index (χ3v) is 7.82. The number of benzene rings is 7. The van der Waals surface area contributed by atoms with E-state index in [2.05, 4.69) is 139 Å². The lowest BCUT2D eigenvalue weighted by Gasteiger charge is -2.11. The normalized spacial score (nSPS) is 11.5. The van der Waals surface area contributed by atoms with E-state index < -0.39 is 0 Å². The van der Waals surface area contributed by atoms with E-state index >= 15 is 0 Å². The Kier molecular flexibility index (Phi) is 5.17. The van der Waals surface area contributed by atoms with Crippen molar-refractivity contribution in [3.8, 4) is 22.3 Å². The fourth-order valence-corrected chi connectivity index (χ4v) is 5.86. The summed E-state index contributed by atoms with van der Waals surface area (Å²) >= 11 is 0. The highest BCUT2D eigenvalue weighted by Gasteiger charge is 2.14. The monoisotopic (exact) mass is 511 g/mol. The smallest absolute Gasteiger partial charge is 0.137 e. The minimum atomic E-state index is 0.878. The third kappa shape index (κ3) is 3.81. The lowest BCUT2D eigenvalue weighted by molar-refractivity contribution is 0.669. The fourth-order valence-electron chi connectivity index (χ4n) is 5.86. The van der Waals surface area contributed by atoms with E-state index in [1.54, 1.807) is 0 Å². The zero-order valence-electron chi connectivity index (χ0n) is 21.8. The summed E-state index contributed by atoms with van der Waals surface area (Å²) < 4.78 is 6.29. The molecule has 188 valence electrons. The summed E-state index contributed by atoms with van der Waals surface area (Å²) in [7, 11) is 0. The molecule has 1 N–H and O–H groups in total. The maximum Gasteiger partial charge on any atom is 0.137 e. The topological polar surface area (TPSA) is 25.2 Å². The molecule has 2 nitrogen and oxygen atoms in total. The molecular formula is C38H25NO. The Bertz CT molecular complexity index is 2180. The molecule has 2 heteroatoms. The summed E-state index contributed by atoms with van der Waals surface area (Å²) in [5, 5.41) is 10.8. The van der Waals surface area contributed by atoms with E-state index in [4.69, 9.17) is 4.42 Å². The Balaban J connectivity index is 1.21. The number of nitrogens with one attached hydrogen (secondary N) is 1. The van der Waals surface area contributed by atoms with Gasteiger partial charge in [0.25, 0.3) is 0 Å². The third-order valence-electron chi connectivity index (χ3n) is 7.82. The molecule has 0 radical (unpaired) electrons. The summed E-state index contributed by atoms with van der Waals surface area (Å²) in [6.45, 7) is 0. The predicted octanol–water partition coefficient (Wildman–Crippen LogP) is 11.0. The summed E-state index contributed by atoms with van der Waals surface area (Å²) in [4.78, 5) is 0. The molecule has 0 atom stereocenters. The zero-order chi connectivity index (χ0) is 26.5. The van der Waals surface area contributed by atoms with Crippen molar-refractivity contribution in [1.82, 2.24) is 0 Å². The highest BCUT2D eigenvalue weighted by molar-refractivity contribution is 6.13. The van der Waals surface area contributed by atoms with Gasteiger partial charge in [-0.15, -0.1) is 0 Å². The van der Waals surface area contributed by atoms with Gasteiger partial charge >= 0.3 is 0 Å². The lowest BCUT2D eigenvalue weighted by atomic mass is 9.97. The number of rotatable bonds is 4. The molecule has 8 rings (SSSR count). The molecule has 1 aromatic heterocycles. The summed E-state index contributed by atoms with van der Waals surface area (Å²) in [6, 6.07) is 51.5. The Morgan fingerprint density at radius 1 is 0.425 bits per heavy atom. The fraction of sp³-hybridized carbons (Fsp3) is 0. The van der Waals surface area contributed by atoms with Crippen molar-refractivity contribution < 1.29 is 4.42 Å². The predicted molar refractivity (Wildman–Crippen MR) is 169 cm³/mol. The van der Waals surface area contributed by atoms with Gasteiger partial charge in [-0.2, -0.15) is 0 Å². The van der Waals surface area contributed by atoms with Gasteiger partial charge in [-0.1, -0.05) is 103 Å². The van der Waals surface area contributed by atoms with E-state index in [-0.39, 0.29) is 0 Å². The van der Waals surface area contributed by atoms with E-state index in [1.807, 2.05) is 12.1 Å². The molecule has 7 aromatic carbocycles. The first kappa shape index (κ1) is 22.6. The van der Waals surface area contributed by atoms with Crippen LogP contribution in [-0.2, 0) is 0 Å². The van der Waals surface area contributed by atoms with Crippen LogP contribution in [-0.4, -0.2) is 0 Å². The molecular weight excluding hydrogens is 486 g/mol. The van der Waals surface area contributed by atoms with Gasteiger partial charge in [0.05, 0.1) is 11.1 Å². The zero-order valence-corrected chi connectivity index (χ0v) is 21.8. The van der Waals surface area contributed by atoms with Crippen molar-refractivity contribution in [3.05, 3.63) is 146 Å². The molecule has 0 aliphatic carbocycles. The summed E-state index contributed by atoms with van der Waals surface area (Å²) in [6.07, 6.45) is 0. The minimum Gasteiger partial charge on any atom is -0.456 e. The van der Waals surface area contributed by atoms with Crippen molar-refractivity contribution in [2.45, 2.75) is 0 Å². The number of hydrogen-bond acceptors (Lipinski definition) is 2. The molecule has 0 unspecified atom stereocenters. The largest absolute Gasteiger partial charge is 0.456 e. The standard InChI is InChI=1S/C38H25NO/c1-2-8-25(9-3-1)27-16-17-29-23-31(20-18-28(29)22-27)39-35-14-7-15-37-38(35)34-24-30(19-21-36(34)40-37)33-13-6-11-26-10-4-5-12-32(26)33/h1-24,39H. The van der Waals surface area contributed by atoms with Crippen LogP contribution in [0.15, 0.2) is 150 Å². The van der Waals surface area contributed by atoms with Crippen LogP contribution in [0.25, 0.3) is 65.7 Å². The molecule has 0 saturated heterocycles. The second-order valence-corrected chi connectivity index (χ2v) is 10.3. The Morgan fingerprint density at radius 2 is 1.20 bits per heavy atom. The van der Waals surface area contributed by atoms with Crippen LogP contribution in [0.4, 0.5) is 11.4 Å². The molecule has 0 aliphatic rings. The molecule has 0 spiro atoms. The van der Waals surface area contributed by atoms with Gasteiger partial charge in [-0.25, -0.2) is 0 Å². The molecule has 0 fully saturated rings. The van der Waals surface area contributed by atoms with E-state index in [0.717, 1.165) is 33.3 Å². The number of anilines is 2. The maximum absolute atomic E-state index is 6.29. The van der Waals surface area contributed by atoms with Gasteiger partial charge in [0.2, 0.25) is 0 Å². The van der Waals surface area contributed by atoms with Crippen LogP contribution in [0, 0.1) is 0 Å². The first-order valence-corrected chi connectivity index (χ1v) is 13.6. The van der Waals surface area contributed by atoms with Gasteiger partial charge in [0.15, 0.2) is 0 Å². The maximum atomic E-state index is 6.29. The first-order chi connectivity index (χ1) is 19.8. The van der Waals surface area contributed by atoms with Gasteiger partial charge in [0.1, 0.15) is 11.2 Å².